The molecule has 1 aromatic heterocycles. The highest BCUT2D eigenvalue weighted by molar-refractivity contribution is 5.81. The number of alkyl carbamates (subject to hydrolysis) is 1. The van der Waals surface area contributed by atoms with E-state index in [4.69, 9.17) is 29.4 Å². The average molecular weight is 531 g/mol. The van der Waals surface area contributed by atoms with E-state index < -0.39 is 59.7 Å². The lowest BCUT2D eigenvalue weighted by Crippen LogP contribution is -2.46. The number of hydrogen-bond acceptors (Lipinski definition) is 10. The van der Waals surface area contributed by atoms with Crippen LogP contribution in [0.25, 0.3) is 0 Å². The van der Waals surface area contributed by atoms with Gasteiger partial charge in [0.05, 0.1) is 0 Å². The molecule has 2 aromatic rings. The van der Waals surface area contributed by atoms with Crippen molar-refractivity contribution >= 4 is 17.9 Å². The zero-order valence-electron chi connectivity index (χ0n) is 22.1. The molecule has 4 rings (SSSR count). The Morgan fingerprint density at radius 3 is 2.50 bits per heavy atom. The molecule has 0 aliphatic carbocycles. The van der Waals surface area contributed by atoms with Gasteiger partial charge in [-0.2, -0.15) is 4.98 Å². The van der Waals surface area contributed by atoms with Crippen LogP contribution in [0.3, 0.4) is 0 Å². The maximum Gasteiger partial charge on any atom is 0.408 e. The third-order valence-corrected chi connectivity index (χ3v) is 5.90. The molecule has 2 fully saturated rings. The molecular formula is C26H34N4O8. The van der Waals surface area contributed by atoms with Crippen LogP contribution in [0.1, 0.15) is 46.4 Å². The lowest BCUT2D eigenvalue weighted by molar-refractivity contribution is -0.203. The summed E-state index contributed by atoms with van der Waals surface area (Å²) >= 11 is 0. The van der Waals surface area contributed by atoms with Crippen molar-refractivity contribution in [1.29, 1.82) is 0 Å². The molecule has 2 aliphatic heterocycles. The zero-order valence-corrected chi connectivity index (χ0v) is 22.1. The van der Waals surface area contributed by atoms with Crippen molar-refractivity contribution in [1.82, 2.24) is 14.9 Å². The maximum atomic E-state index is 13.2. The summed E-state index contributed by atoms with van der Waals surface area (Å²) in [6.45, 7) is 8.48. The number of aromatic nitrogens is 2. The van der Waals surface area contributed by atoms with Gasteiger partial charge in [0.1, 0.15) is 42.4 Å². The SMILES string of the molecule is CC(C)(C)OC(=O)NC(Cc1ccccc1)C(=O)OCC1OC(n2ccc(N)nc2=O)C2OC(C)(C)OC12. The van der Waals surface area contributed by atoms with Gasteiger partial charge in [0.25, 0.3) is 0 Å². The maximum absolute atomic E-state index is 13.2. The molecule has 2 aliphatic rings. The minimum Gasteiger partial charge on any atom is -0.461 e. The molecule has 0 bridgehead atoms. The summed E-state index contributed by atoms with van der Waals surface area (Å²) in [5.74, 6) is -1.54. The Bertz CT molecular complexity index is 1210. The van der Waals surface area contributed by atoms with Crippen molar-refractivity contribution in [3.05, 3.63) is 58.6 Å². The first-order valence-corrected chi connectivity index (χ1v) is 12.4. The number of nitrogens with two attached hydrogens (primary N) is 1. The number of nitrogens with one attached hydrogen (secondary N) is 1. The van der Waals surface area contributed by atoms with Crippen LogP contribution in [0.5, 0.6) is 0 Å². The number of benzene rings is 1. The van der Waals surface area contributed by atoms with Crippen molar-refractivity contribution in [3.8, 4) is 0 Å². The molecular weight excluding hydrogens is 496 g/mol. The van der Waals surface area contributed by atoms with Crippen LogP contribution in [0.4, 0.5) is 10.6 Å². The van der Waals surface area contributed by atoms with Crippen molar-refractivity contribution in [2.45, 2.75) is 83.0 Å². The van der Waals surface area contributed by atoms with Gasteiger partial charge in [0, 0.05) is 12.6 Å². The van der Waals surface area contributed by atoms with Gasteiger partial charge in [0.2, 0.25) is 0 Å². The summed E-state index contributed by atoms with van der Waals surface area (Å²) < 4.78 is 30.3. The molecule has 0 radical (unpaired) electrons. The first-order chi connectivity index (χ1) is 17.8. The van der Waals surface area contributed by atoms with Gasteiger partial charge in [-0.15, -0.1) is 0 Å². The number of amides is 1. The van der Waals surface area contributed by atoms with E-state index in [9.17, 15) is 14.4 Å². The van der Waals surface area contributed by atoms with Gasteiger partial charge in [-0.1, -0.05) is 30.3 Å². The van der Waals surface area contributed by atoms with E-state index in [1.165, 1.54) is 16.8 Å². The number of nitrogen functional groups attached to an aromatic ring is 1. The first-order valence-electron chi connectivity index (χ1n) is 12.4. The Kier molecular flexibility index (Phi) is 7.77. The van der Waals surface area contributed by atoms with Gasteiger partial charge in [0.15, 0.2) is 12.0 Å². The Morgan fingerprint density at radius 2 is 1.84 bits per heavy atom. The highest BCUT2D eigenvalue weighted by atomic mass is 16.8. The first kappa shape index (κ1) is 27.6. The minimum atomic E-state index is -1.01. The second-order valence-corrected chi connectivity index (χ2v) is 10.7. The summed E-state index contributed by atoms with van der Waals surface area (Å²) in [7, 11) is 0. The molecule has 12 nitrogen and oxygen atoms in total. The molecule has 3 heterocycles. The predicted molar refractivity (Wildman–Crippen MR) is 135 cm³/mol. The van der Waals surface area contributed by atoms with E-state index in [1.54, 1.807) is 34.6 Å². The van der Waals surface area contributed by atoms with Gasteiger partial charge in [-0.05, 0) is 46.2 Å². The van der Waals surface area contributed by atoms with E-state index >= 15 is 0 Å². The van der Waals surface area contributed by atoms with Crippen LogP contribution in [0, 0.1) is 0 Å². The Morgan fingerprint density at radius 1 is 1.16 bits per heavy atom. The van der Waals surface area contributed by atoms with E-state index in [0.29, 0.717) is 0 Å². The van der Waals surface area contributed by atoms with Crippen molar-refractivity contribution < 1.29 is 33.3 Å². The van der Waals surface area contributed by atoms with Crippen LogP contribution < -0.4 is 16.7 Å². The second kappa shape index (κ2) is 10.7. The minimum absolute atomic E-state index is 0.0807. The lowest BCUT2D eigenvalue weighted by Gasteiger charge is -2.25. The Labute approximate surface area is 220 Å². The summed E-state index contributed by atoms with van der Waals surface area (Å²) in [4.78, 5) is 41.8. The third kappa shape index (κ3) is 6.69. The van der Waals surface area contributed by atoms with Crippen LogP contribution in [0.2, 0.25) is 0 Å². The number of ether oxygens (including phenoxy) is 5. The molecule has 38 heavy (non-hydrogen) atoms. The quantitative estimate of drug-likeness (QED) is 0.508. The zero-order chi connectivity index (χ0) is 27.7. The molecule has 1 amide bonds. The number of carbonyl (C=O) groups is 2. The molecule has 0 spiro atoms. The van der Waals surface area contributed by atoms with Gasteiger partial charge >= 0.3 is 17.8 Å². The van der Waals surface area contributed by atoms with E-state index in [-0.39, 0.29) is 18.8 Å². The summed E-state index contributed by atoms with van der Waals surface area (Å²) in [6.07, 6.45) is -1.98. The Balaban J connectivity index is 1.48. The van der Waals surface area contributed by atoms with Crippen molar-refractivity contribution in [2.75, 3.05) is 12.3 Å². The monoisotopic (exact) mass is 530 g/mol. The van der Waals surface area contributed by atoms with Crippen molar-refractivity contribution in [2.24, 2.45) is 0 Å². The molecule has 206 valence electrons. The fourth-order valence-electron chi connectivity index (χ4n) is 4.39. The fraction of sp³-hybridized carbons (Fsp3) is 0.538. The van der Waals surface area contributed by atoms with Crippen molar-refractivity contribution in [3.63, 3.8) is 0 Å². The molecule has 5 unspecified atom stereocenters. The third-order valence-electron chi connectivity index (χ3n) is 5.90. The van der Waals surface area contributed by atoms with Crippen LogP contribution in [-0.2, 0) is 34.9 Å². The van der Waals surface area contributed by atoms with Gasteiger partial charge < -0.3 is 34.7 Å². The highest BCUT2D eigenvalue weighted by Crippen LogP contribution is 2.42. The highest BCUT2D eigenvalue weighted by Gasteiger charge is 2.56. The van der Waals surface area contributed by atoms with E-state index in [0.717, 1.165) is 5.56 Å². The molecule has 12 heteroatoms. The number of rotatable bonds is 7. The number of hydrogen-bond donors (Lipinski definition) is 2. The lowest BCUT2D eigenvalue weighted by atomic mass is 10.1. The Hall–Kier alpha value is -3.48. The molecule has 5 atom stereocenters. The largest absolute Gasteiger partial charge is 0.461 e. The second-order valence-electron chi connectivity index (χ2n) is 10.7. The smallest absolute Gasteiger partial charge is 0.408 e. The van der Waals surface area contributed by atoms with Crippen LogP contribution in [0.15, 0.2) is 47.4 Å². The van der Waals surface area contributed by atoms with E-state index in [2.05, 4.69) is 10.3 Å². The summed E-state index contributed by atoms with van der Waals surface area (Å²) in [6, 6.07) is 9.68. The van der Waals surface area contributed by atoms with Crippen LogP contribution in [-0.4, -0.2) is 64.0 Å². The summed E-state index contributed by atoms with van der Waals surface area (Å²) in [5.41, 5.74) is 5.10. The predicted octanol–water partition coefficient (Wildman–Crippen LogP) is 1.92. The topological polar surface area (TPSA) is 153 Å². The number of esters is 1. The number of anilines is 1. The van der Waals surface area contributed by atoms with Crippen LogP contribution >= 0.6 is 0 Å². The standard InChI is InChI=1S/C26H34N4O8/c1-25(2,3)38-24(33)28-16(13-15-9-7-6-8-10-15)22(31)34-14-17-19-20(37-26(4,5)36-19)21(35-17)30-12-11-18(27)29-23(30)32/h6-12,16-17,19-21H,13-14H2,1-5H3,(H,28,33)(H2,27,29,32). The van der Waals surface area contributed by atoms with E-state index in [1.807, 2.05) is 30.3 Å². The number of nitrogens with zero attached hydrogens (tertiary/aromatic N) is 2. The molecule has 2 saturated heterocycles. The molecule has 0 saturated carbocycles. The molecule has 1 aromatic carbocycles. The fourth-order valence-corrected chi connectivity index (χ4v) is 4.39. The van der Waals surface area contributed by atoms with Gasteiger partial charge in [-0.25, -0.2) is 14.4 Å². The number of carbonyl (C=O) groups excluding carboxylic acids is 2. The number of fused-ring (bicyclic) bond motifs is 1. The summed E-state index contributed by atoms with van der Waals surface area (Å²) in [5, 5.41) is 2.61. The average Bonchev–Trinajstić information content (AvgIpc) is 3.29. The normalized spacial score (nSPS) is 24.9. The van der Waals surface area contributed by atoms with Gasteiger partial charge in [-0.3, -0.25) is 4.57 Å². The molecule has 3 N–H and O–H groups in total.